The van der Waals surface area contributed by atoms with Crippen molar-refractivity contribution in [3.63, 3.8) is 0 Å². The van der Waals surface area contributed by atoms with Gasteiger partial charge in [0.25, 0.3) is 0 Å². The van der Waals surface area contributed by atoms with Gasteiger partial charge in [-0.3, -0.25) is 0 Å². The summed E-state index contributed by atoms with van der Waals surface area (Å²) in [5.74, 6) is -1.68. The molecule has 0 bridgehead atoms. The zero-order valence-electron chi connectivity index (χ0n) is 26.7. The maximum atomic E-state index is 10.4. The van der Waals surface area contributed by atoms with E-state index in [1.165, 1.54) is 173 Å². The molecule has 0 radical (unpaired) electrons. The third kappa shape index (κ3) is 38.2. The largest absolute Gasteiger partial charge is 0.478 e. The molecule has 4 nitrogen and oxygen atoms in total. The second kappa shape index (κ2) is 34.4. The van der Waals surface area contributed by atoms with Gasteiger partial charge in [-0.1, -0.05) is 159 Å². The molecule has 4 heteroatoms. The molecular formula is C37H66O4. The second-order valence-corrected chi connectivity index (χ2v) is 11.9. The van der Waals surface area contributed by atoms with E-state index >= 15 is 0 Å². The Bertz CT molecular complexity index is 649. The fraction of sp³-hybridized carbons (Fsp3) is 0.784. The highest BCUT2D eigenvalue weighted by atomic mass is 16.4. The average molecular weight is 575 g/mol. The van der Waals surface area contributed by atoms with Gasteiger partial charge in [0.1, 0.15) is 0 Å². The predicted octanol–water partition coefficient (Wildman–Crippen LogP) is 12.1. The van der Waals surface area contributed by atoms with Crippen LogP contribution >= 0.6 is 0 Å². The van der Waals surface area contributed by atoms with Crippen molar-refractivity contribution < 1.29 is 19.8 Å². The molecule has 0 aliphatic carbocycles. The van der Waals surface area contributed by atoms with Gasteiger partial charge in [-0.15, -0.1) is 0 Å². The summed E-state index contributed by atoms with van der Waals surface area (Å²) < 4.78 is 0. The van der Waals surface area contributed by atoms with Crippen LogP contribution in [0.2, 0.25) is 0 Å². The number of allylic oxidation sites excluding steroid dienone is 4. The molecule has 2 N–H and O–H groups in total. The van der Waals surface area contributed by atoms with Crippen molar-refractivity contribution >= 4 is 11.9 Å². The lowest BCUT2D eigenvalue weighted by Gasteiger charge is -2.04. The van der Waals surface area contributed by atoms with Crippen molar-refractivity contribution in [3.8, 4) is 0 Å². The van der Waals surface area contributed by atoms with Gasteiger partial charge in [-0.2, -0.15) is 0 Å². The number of carboxylic acid groups (broad SMARTS) is 2. The molecule has 0 fully saturated rings. The van der Waals surface area contributed by atoms with Crippen LogP contribution < -0.4 is 0 Å². The molecule has 0 aliphatic heterocycles. The minimum absolute atomic E-state index is 0.836. The van der Waals surface area contributed by atoms with Crippen LogP contribution in [0.1, 0.15) is 186 Å². The molecule has 0 aromatic carbocycles. The first kappa shape index (κ1) is 39.2. The SMILES string of the molecule is O=C(O)C=CCCCCCCC=CCCCCCCCCCCCCCCCCCCCCCCCC=CC(=O)O. The second-order valence-electron chi connectivity index (χ2n) is 11.9. The first-order chi connectivity index (χ1) is 20.1. The highest BCUT2D eigenvalue weighted by Crippen LogP contribution is 2.16. The summed E-state index contributed by atoms with van der Waals surface area (Å²) >= 11 is 0. The zero-order chi connectivity index (χ0) is 29.9. The van der Waals surface area contributed by atoms with Crippen LogP contribution in [0.4, 0.5) is 0 Å². The van der Waals surface area contributed by atoms with Gasteiger partial charge in [-0.05, 0) is 51.4 Å². The van der Waals surface area contributed by atoms with Gasteiger partial charge in [0, 0.05) is 12.2 Å². The number of carboxylic acids is 2. The van der Waals surface area contributed by atoms with Crippen molar-refractivity contribution in [1.82, 2.24) is 0 Å². The lowest BCUT2D eigenvalue weighted by molar-refractivity contribution is -0.132. The smallest absolute Gasteiger partial charge is 0.327 e. The Morgan fingerprint density at radius 1 is 0.293 bits per heavy atom. The van der Waals surface area contributed by atoms with Gasteiger partial charge in [0.05, 0.1) is 0 Å². The maximum Gasteiger partial charge on any atom is 0.327 e. The van der Waals surface area contributed by atoms with Gasteiger partial charge in [0.2, 0.25) is 0 Å². The van der Waals surface area contributed by atoms with E-state index in [0.717, 1.165) is 25.7 Å². The van der Waals surface area contributed by atoms with E-state index in [1.54, 1.807) is 12.2 Å². The molecule has 0 amide bonds. The van der Waals surface area contributed by atoms with Gasteiger partial charge in [0.15, 0.2) is 0 Å². The number of rotatable bonds is 33. The first-order valence-corrected chi connectivity index (χ1v) is 17.6. The number of hydrogen-bond donors (Lipinski definition) is 2. The summed E-state index contributed by atoms with van der Waals surface area (Å²) in [6.07, 6.45) is 48.7. The third-order valence-electron chi connectivity index (χ3n) is 7.92. The van der Waals surface area contributed by atoms with Gasteiger partial charge >= 0.3 is 11.9 Å². The first-order valence-electron chi connectivity index (χ1n) is 17.6. The van der Waals surface area contributed by atoms with Crippen molar-refractivity contribution in [3.05, 3.63) is 36.5 Å². The van der Waals surface area contributed by atoms with E-state index < -0.39 is 11.9 Å². The number of hydrogen-bond acceptors (Lipinski definition) is 2. The maximum absolute atomic E-state index is 10.4. The van der Waals surface area contributed by atoms with E-state index in [9.17, 15) is 9.59 Å². The highest BCUT2D eigenvalue weighted by Gasteiger charge is 1.96. The molecule has 0 saturated carbocycles. The minimum Gasteiger partial charge on any atom is -0.478 e. The predicted molar refractivity (Wildman–Crippen MR) is 177 cm³/mol. The molecule has 41 heavy (non-hydrogen) atoms. The molecule has 0 aliphatic rings. The minimum atomic E-state index is -0.844. The van der Waals surface area contributed by atoms with E-state index in [-0.39, 0.29) is 0 Å². The Hall–Kier alpha value is -1.84. The summed E-state index contributed by atoms with van der Waals surface area (Å²) in [6.45, 7) is 0. The summed E-state index contributed by atoms with van der Waals surface area (Å²) in [7, 11) is 0. The molecule has 0 heterocycles. The molecule has 0 unspecified atom stereocenters. The summed E-state index contributed by atoms with van der Waals surface area (Å²) in [6, 6.07) is 0. The fourth-order valence-corrected chi connectivity index (χ4v) is 5.37. The Morgan fingerprint density at radius 3 is 0.659 bits per heavy atom. The molecule has 0 aromatic rings. The average Bonchev–Trinajstić information content (AvgIpc) is 2.94. The summed E-state index contributed by atoms with van der Waals surface area (Å²) in [4.78, 5) is 20.8. The third-order valence-corrected chi connectivity index (χ3v) is 7.92. The van der Waals surface area contributed by atoms with Gasteiger partial charge in [-0.25, -0.2) is 9.59 Å². The van der Waals surface area contributed by atoms with E-state index in [0.29, 0.717) is 0 Å². The molecule has 238 valence electrons. The normalized spacial score (nSPS) is 11.9. The lowest BCUT2D eigenvalue weighted by atomic mass is 10.0. The van der Waals surface area contributed by atoms with E-state index in [1.807, 2.05) is 0 Å². The van der Waals surface area contributed by atoms with Crippen molar-refractivity contribution in [1.29, 1.82) is 0 Å². The van der Waals surface area contributed by atoms with Crippen LogP contribution in [-0.4, -0.2) is 22.2 Å². The number of carbonyl (C=O) groups is 2. The van der Waals surface area contributed by atoms with Crippen LogP contribution in [0.5, 0.6) is 0 Å². The molecule has 0 saturated heterocycles. The summed E-state index contributed by atoms with van der Waals surface area (Å²) in [5.41, 5.74) is 0. The highest BCUT2D eigenvalue weighted by molar-refractivity contribution is 5.79. The van der Waals surface area contributed by atoms with Crippen LogP contribution in [0, 0.1) is 0 Å². The van der Waals surface area contributed by atoms with Crippen molar-refractivity contribution in [2.24, 2.45) is 0 Å². The van der Waals surface area contributed by atoms with E-state index in [2.05, 4.69) is 12.2 Å². The Labute approximate surface area is 254 Å². The standard InChI is InChI=1S/C37H66O4/c38-36(39)34-32-30-28-26-24-22-20-18-16-14-12-10-8-6-4-2-1-3-5-7-9-11-13-15-17-19-21-23-25-27-29-31-33-35-37(40)41/h16,18,32-35H,1-15,17,19-31H2,(H,38,39)(H,40,41). The molecule has 0 spiro atoms. The molecule has 0 atom stereocenters. The van der Waals surface area contributed by atoms with Crippen molar-refractivity contribution in [2.45, 2.75) is 186 Å². The Morgan fingerprint density at radius 2 is 0.463 bits per heavy atom. The Balaban J connectivity index is 3.12. The number of unbranched alkanes of at least 4 members (excludes halogenated alkanes) is 27. The monoisotopic (exact) mass is 574 g/mol. The van der Waals surface area contributed by atoms with Crippen LogP contribution in [-0.2, 0) is 9.59 Å². The fourth-order valence-electron chi connectivity index (χ4n) is 5.37. The quantitative estimate of drug-likeness (QED) is 0.0464. The van der Waals surface area contributed by atoms with E-state index in [4.69, 9.17) is 10.2 Å². The zero-order valence-corrected chi connectivity index (χ0v) is 26.7. The Kier molecular flexibility index (Phi) is 32.8. The van der Waals surface area contributed by atoms with Crippen LogP contribution in [0.3, 0.4) is 0 Å². The molecule has 0 aromatic heterocycles. The van der Waals surface area contributed by atoms with Crippen LogP contribution in [0.25, 0.3) is 0 Å². The molecule has 0 rings (SSSR count). The number of aliphatic carboxylic acids is 2. The summed E-state index contributed by atoms with van der Waals surface area (Å²) in [5, 5.41) is 17.1. The topological polar surface area (TPSA) is 74.6 Å². The van der Waals surface area contributed by atoms with Crippen LogP contribution in [0.15, 0.2) is 36.5 Å². The molecular weight excluding hydrogens is 508 g/mol. The van der Waals surface area contributed by atoms with Crippen molar-refractivity contribution in [2.75, 3.05) is 0 Å². The lowest BCUT2D eigenvalue weighted by Crippen LogP contribution is -1.86. The van der Waals surface area contributed by atoms with Gasteiger partial charge < -0.3 is 10.2 Å².